The van der Waals surface area contributed by atoms with Crippen LogP contribution in [-0.2, 0) is 9.59 Å². The zero-order valence-corrected chi connectivity index (χ0v) is 12.3. The summed E-state index contributed by atoms with van der Waals surface area (Å²) in [5.41, 5.74) is 0. The van der Waals surface area contributed by atoms with Gasteiger partial charge < -0.3 is 15.1 Å². The third-order valence-corrected chi connectivity index (χ3v) is 5.27. The molecule has 0 aromatic heterocycles. The Kier molecular flexibility index (Phi) is 3.96. The molecule has 1 N–H and O–H groups in total. The number of likely N-dealkylation sites (N-methyl/N-ethyl adjacent to an activating group) is 1. The van der Waals surface area contributed by atoms with Gasteiger partial charge >= 0.3 is 0 Å². The van der Waals surface area contributed by atoms with E-state index in [4.69, 9.17) is 0 Å². The zero-order valence-electron chi connectivity index (χ0n) is 12.3. The molecule has 2 amide bonds. The van der Waals surface area contributed by atoms with Gasteiger partial charge in [-0.25, -0.2) is 0 Å². The van der Waals surface area contributed by atoms with Crippen LogP contribution in [0.25, 0.3) is 0 Å². The molecule has 1 aliphatic heterocycles. The average Bonchev–Trinajstić information content (AvgIpc) is 3.10. The average molecular weight is 279 g/mol. The molecular formula is C15H25N3O2. The van der Waals surface area contributed by atoms with Crippen molar-refractivity contribution >= 4 is 11.8 Å². The van der Waals surface area contributed by atoms with E-state index in [9.17, 15) is 9.59 Å². The number of fused-ring (bicyclic) bond motifs is 2. The predicted octanol–water partition coefficient (Wildman–Crippen LogP) is 0.313. The van der Waals surface area contributed by atoms with Gasteiger partial charge in [0.15, 0.2) is 0 Å². The van der Waals surface area contributed by atoms with Crippen molar-refractivity contribution in [1.82, 2.24) is 15.1 Å². The van der Waals surface area contributed by atoms with Crippen molar-refractivity contribution in [2.45, 2.75) is 25.7 Å². The lowest BCUT2D eigenvalue weighted by atomic mass is 9.88. The molecule has 3 unspecified atom stereocenters. The summed E-state index contributed by atoms with van der Waals surface area (Å²) in [6.07, 6.45) is 4.80. The van der Waals surface area contributed by atoms with Gasteiger partial charge in [-0.2, -0.15) is 0 Å². The second-order valence-corrected chi connectivity index (χ2v) is 6.61. The van der Waals surface area contributed by atoms with Crippen molar-refractivity contribution < 1.29 is 9.59 Å². The standard InChI is InChI=1S/C15H25N3O2/c1-17(10-14(19)18-6-4-16-5-7-18)15(20)13-9-11-2-3-12(13)8-11/h11-13,16H,2-10H2,1H3. The molecule has 3 atom stereocenters. The molecule has 3 fully saturated rings. The number of rotatable bonds is 3. The number of nitrogens with zero attached hydrogens (tertiary/aromatic N) is 2. The van der Waals surface area contributed by atoms with E-state index in [0.29, 0.717) is 5.92 Å². The topological polar surface area (TPSA) is 52.7 Å². The first-order valence-electron chi connectivity index (χ1n) is 7.88. The van der Waals surface area contributed by atoms with Crippen molar-refractivity contribution in [3.05, 3.63) is 0 Å². The van der Waals surface area contributed by atoms with E-state index in [2.05, 4.69) is 5.32 Å². The molecule has 3 rings (SSSR count). The smallest absolute Gasteiger partial charge is 0.242 e. The highest BCUT2D eigenvalue weighted by atomic mass is 16.2. The summed E-state index contributed by atoms with van der Waals surface area (Å²) >= 11 is 0. The summed E-state index contributed by atoms with van der Waals surface area (Å²) in [6, 6.07) is 0. The number of nitrogens with one attached hydrogen (secondary N) is 1. The van der Waals surface area contributed by atoms with Gasteiger partial charge in [-0.1, -0.05) is 6.42 Å². The summed E-state index contributed by atoms with van der Waals surface area (Å²) in [6.45, 7) is 3.47. The van der Waals surface area contributed by atoms with Crippen LogP contribution in [0.15, 0.2) is 0 Å². The molecule has 0 radical (unpaired) electrons. The van der Waals surface area contributed by atoms with Crippen molar-refractivity contribution in [2.75, 3.05) is 39.8 Å². The number of hydrogen-bond donors (Lipinski definition) is 1. The summed E-state index contributed by atoms with van der Waals surface area (Å²) < 4.78 is 0. The SMILES string of the molecule is CN(CC(=O)N1CCNCC1)C(=O)C1CC2CCC1C2. The van der Waals surface area contributed by atoms with E-state index in [1.54, 1.807) is 11.9 Å². The van der Waals surface area contributed by atoms with Crippen LogP contribution in [-0.4, -0.2) is 61.4 Å². The molecular weight excluding hydrogens is 254 g/mol. The Bertz CT molecular complexity index is 393. The third-order valence-electron chi connectivity index (χ3n) is 5.27. The van der Waals surface area contributed by atoms with E-state index >= 15 is 0 Å². The number of carbonyl (C=O) groups is 2. The Morgan fingerprint density at radius 3 is 2.55 bits per heavy atom. The molecule has 1 saturated heterocycles. The molecule has 1 heterocycles. The Hall–Kier alpha value is -1.10. The Labute approximate surface area is 120 Å². The molecule has 0 aromatic rings. The fraction of sp³-hybridized carbons (Fsp3) is 0.867. The first-order chi connectivity index (χ1) is 9.65. The van der Waals surface area contributed by atoms with E-state index in [0.717, 1.165) is 38.5 Å². The van der Waals surface area contributed by atoms with Crippen LogP contribution in [0.2, 0.25) is 0 Å². The van der Waals surface area contributed by atoms with Crippen molar-refractivity contribution in [2.24, 2.45) is 17.8 Å². The van der Waals surface area contributed by atoms with Crippen LogP contribution in [0.1, 0.15) is 25.7 Å². The third kappa shape index (κ3) is 2.68. The van der Waals surface area contributed by atoms with Gasteiger partial charge in [0.25, 0.3) is 0 Å². The molecule has 20 heavy (non-hydrogen) atoms. The van der Waals surface area contributed by atoms with Crippen LogP contribution in [0.4, 0.5) is 0 Å². The van der Waals surface area contributed by atoms with Crippen LogP contribution in [0.3, 0.4) is 0 Å². The normalized spacial score (nSPS) is 32.5. The minimum atomic E-state index is 0.0884. The Balaban J connectivity index is 1.52. The molecule has 2 aliphatic carbocycles. The van der Waals surface area contributed by atoms with Crippen LogP contribution < -0.4 is 5.32 Å². The quantitative estimate of drug-likeness (QED) is 0.809. The van der Waals surface area contributed by atoms with Crippen LogP contribution in [0.5, 0.6) is 0 Å². The van der Waals surface area contributed by atoms with Gasteiger partial charge in [-0.15, -0.1) is 0 Å². The number of piperazine rings is 1. The van der Waals surface area contributed by atoms with Gasteiger partial charge in [0, 0.05) is 39.1 Å². The largest absolute Gasteiger partial charge is 0.339 e. The fourth-order valence-electron chi connectivity index (χ4n) is 4.13. The van der Waals surface area contributed by atoms with E-state index < -0.39 is 0 Å². The number of hydrogen-bond acceptors (Lipinski definition) is 3. The van der Waals surface area contributed by atoms with Crippen molar-refractivity contribution in [3.8, 4) is 0 Å². The molecule has 0 spiro atoms. The molecule has 2 saturated carbocycles. The van der Waals surface area contributed by atoms with Gasteiger partial charge in [0.05, 0.1) is 6.54 Å². The minimum absolute atomic E-state index is 0.0884. The van der Waals surface area contributed by atoms with E-state index in [1.165, 1.54) is 19.3 Å². The molecule has 2 bridgehead atoms. The molecule has 0 aromatic carbocycles. The maximum Gasteiger partial charge on any atom is 0.242 e. The van der Waals surface area contributed by atoms with Crippen LogP contribution in [0, 0.1) is 17.8 Å². The van der Waals surface area contributed by atoms with Gasteiger partial charge in [0.2, 0.25) is 11.8 Å². The highest BCUT2D eigenvalue weighted by Crippen LogP contribution is 2.48. The molecule has 5 nitrogen and oxygen atoms in total. The molecule has 3 aliphatic rings. The first kappa shape index (κ1) is 13.9. The summed E-state index contributed by atoms with van der Waals surface area (Å²) in [7, 11) is 1.79. The minimum Gasteiger partial charge on any atom is -0.339 e. The summed E-state index contributed by atoms with van der Waals surface area (Å²) in [5.74, 6) is 1.83. The highest BCUT2D eigenvalue weighted by Gasteiger charge is 2.44. The zero-order chi connectivity index (χ0) is 14.1. The summed E-state index contributed by atoms with van der Waals surface area (Å²) in [5, 5.41) is 3.23. The second-order valence-electron chi connectivity index (χ2n) is 6.61. The first-order valence-corrected chi connectivity index (χ1v) is 7.88. The van der Waals surface area contributed by atoms with E-state index in [-0.39, 0.29) is 24.3 Å². The number of carbonyl (C=O) groups excluding carboxylic acids is 2. The van der Waals surface area contributed by atoms with Gasteiger partial charge in [0.1, 0.15) is 0 Å². The fourth-order valence-corrected chi connectivity index (χ4v) is 4.13. The van der Waals surface area contributed by atoms with E-state index in [1.807, 2.05) is 4.90 Å². The highest BCUT2D eigenvalue weighted by molar-refractivity contribution is 5.86. The lowest BCUT2D eigenvalue weighted by molar-refractivity contribution is -0.143. The van der Waals surface area contributed by atoms with Crippen molar-refractivity contribution in [1.29, 1.82) is 0 Å². The van der Waals surface area contributed by atoms with Crippen molar-refractivity contribution in [3.63, 3.8) is 0 Å². The second kappa shape index (κ2) is 5.72. The lowest BCUT2D eigenvalue weighted by Crippen LogP contribution is -2.50. The molecule has 5 heteroatoms. The number of amides is 2. The van der Waals surface area contributed by atoms with Gasteiger partial charge in [-0.3, -0.25) is 9.59 Å². The summed E-state index contributed by atoms with van der Waals surface area (Å²) in [4.78, 5) is 28.2. The maximum atomic E-state index is 12.5. The predicted molar refractivity (Wildman–Crippen MR) is 76.0 cm³/mol. The monoisotopic (exact) mass is 279 g/mol. The van der Waals surface area contributed by atoms with Gasteiger partial charge in [-0.05, 0) is 31.1 Å². The van der Waals surface area contributed by atoms with Crippen LogP contribution >= 0.6 is 0 Å². The Morgan fingerprint density at radius 1 is 1.20 bits per heavy atom. The lowest BCUT2D eigenvalue weighted by Gasteiger charge is -2.31. The molecule has 112 valence electrons. The Morgan fingerprint density at radius 2 is 1.95 bits per heavy atom. The maximum absolute atomic E-state index is 12.5.